The van der Waals surface area contributed by atoms with Crippen LogP contribution in [0.1, 0.15) is 25.7 Å². The lowest BCUT2D eigenvalue weighted by Crippen LogP contribution is -2.42. The van der Waals surface area contributed by atoms with Gasteiger partial charge >= 0.3 is 0 Å². The van der Waals surface area contributed by atoms with Crippen molar-refractivity contribution in [3.05, 3.63) is 12.0 Å². The largest absolute Gasteiger partial charge is 0.494 e. The predicted molar refractivity (Wildman–Crippen MR) is 70.3 cm³/mol. The van der Waals surface area contributed by atoms with E-state index in [1.165, 1.54) is 6.26 Å². The lowest BCUT2D eigenvalue weighted by molar-refractivity contribution is -0.133. The summed E-state index contributed by atoms with van der Waals surface area (Å²) >= 11 is 0. The number of hydrogen-bond acceptors (Lipinski definition) is 4. The predicted octanol–water partition coefficient (Wildman–Crippen LogP) is 0.865. The molecule has 0 aromatic carbocycles. The SMILES string of the molecule is O=C(C1=COCCO1)N(CC1CCNCC1)C1CC1. The topological polar surface area (TPSA) is 50.8 Å². The van der Waals surface area contributed by atoms with Crippen LogP contribution in [0.2, 0.25) is 0 Å². The molecule has 0 atom stereocenters. The van der Waals surface area contributed by atoms with Crippen molar-refractivity contribution in [1.29, 1.82) is 0 Å². The van der Waals surface area contributed by atoms with Crippen LogP contribution in [0.25, 0.3) is 0 Å². The quantitative estimate of drug-likeness (QED) is 0.820. The fourth-order valence-electron chi connectivity index (χ4n) is 2.75. The molecule has 1 aliphatic carbocycles. The van der Waals surface area contributed by atoms with Crippen LogP contribution < -0.4 is 5.32 Å². The summed E-state index contributed by atoms with van der Waals surface area (Å²) in [5.74, 6) is 1.02. The lowest BCUT2D eigenvalue weighted by atomic mass is 9.97. The third-order valence-electron chi connectivity index (χ3n) is 4.02. The average Bonchev–Trinajstić information content (AvgIpc) is 3.31. The summed E-state index contributed by atoms with van der Waals surface area (Å²) in [4.78, 5) is 14.5. The van der Waals surface area contributed by atoms with Gasteiger partial charge in [-0.25, -0.2) is 0 Å². The lowest BCUT2D eigenvalue weighted by Gasteiger charge is -2.31. The smallest absolute Gasteiger partial charge is 0.292 e. The van der Waals surface area contributed by atoms with Crippen LogP contribution in [0.5, 0.6) is 0 Å². The van der Waals surface area contributed by atoms with Crippen molar-refractivity contribution in [2.45, 2.75) is 31.7 Å². The highest BCUT2D eigenvalue weighted by Gasteiger charge is 2.36. The van der Waals surface area contributed by atoms with E-state index < -0.39 is 0 Å². The van der Waals surface area contributed by atoms with E-state index in [-0.39, 0.29) is 5.91 Å². The molecule has 1 N–H and O–H groups in total. The Morgan fingerprint density at radius 3 is 2.68 bits per heavy atom. The van der Waals surface area contributed by atoms with Crippen LogP contribution >= 0.6 is 0 Å². The van der Waals surface area contributed by atoms with Crippen molar-refractivity contribution >= 4 is 5.91 Å². The summed E-state index contributed by atoms with van der Waals surface area (Å²) in [7, 11) is 0. The van der Waals surface area contributed by atoms with Crippen LogP contribution in [-0.2, 0) is 14.3 Å². The van der Waals surface area contributed by atoms with Crippen LogP contribution in [0.3, 0.4) is 0 Å². The van der Waals surface area contributed by atoms with Crippen LogP contribution in [-0.4, -0.2) is 49.7 Å². The minimum Gasteiger partial charge on any atom is -0.494 e. The zero-order valence-corrected chi connectivity index (χ0v) is 11.3. The van der Waals surface area contributed by atoms with Crippen LogP contribution in [0.15, 0.2) is 12.0 Å². The van der Waals surface area contributed by atoms with Gasteiger partial charge in [0, 0.05) is 12.6 Å². The van der Waals surface area contributed by atoms with Crippen LogP contribution in [0, 0.1) is 5.92 Å². The molecule has 1 saturated heterocycles. The van der Waals surface area contributed by atoms with Gasteiger partial charge in [0.15, 0.2) is 0 Å². The Morgan fingerprint density at radius 1 is 1.26 bits per heavy atom. The van der Waals surface area contributed by atoms with E-state index in [1.54, 1.807) is 0 Å². The first-order chi connectivity index (χ1) is 9.34. The average molecular weight is 266 g/mol. The first-order valence-electron chi connectivity index (χ1n) is 7.31. The van der Waals surface area contributed by atoms with Crippen molar-refractivity contribution in [1.82, 2.24) is 10.2 Å². The Bertz CT molecular complexity index is 360. The molecule has 2 fully saturated rings. The number of nitrogens with one attached hydrogen (secondary N) is 1. The Balaban J connectivity index is 1.62. The van der Waals surface area contributed by atoms with Gasteiger partial charge in [0.1, 0.15) is 19.5 Å². The van der Waals surface area contributed by atoms with E-state index in [0.29, 0.717) is 30.9 Å². The van der Waals surface area contributed by atoms with E-state index in [9.17, 15) is 4.79 Å². The summed E-state index contributed by atoms with van der Waals surface area (Å²) in [6, 6.07) is 0.425. The monoisotopic (exact) mass is 266 g/mol. The first-order valence-corrected chi connectivity index (χ1v) is 7.31. The van der Waals surface area contributed by atoms with E-state index >= 15 is 0 Å². The number of ether oxygens (including phenoxy) is 2. The van der Waals surface area contributed by atoms with Gasteiger partial charge in [-0.15, -0.1) is 0 Å². The number of hydrogen-bond donors (Lipinski definition) is 1. The fraction of sp³-hybridized carbons (Fsp3) is 0.786. The van der Waals surface area contributed by atoms with Crippen molar-refractivity contribution in [3.63, 3.8) is 0 Å². The highest BCUT2D eigenvalue weighted by Crippen LogP contribution is 2.30. The summed E-state index contributed by atoms with van der Waals surface area (Å²) in [5, 5.41) is 3.37. The standard InChI is InChI=1S/C14H22N2O3/c17-14(13-10-18-7-8-19-13)16(12-1-2-12)9-11-3-5-15-6-4-11/h10-12,15H,1-9H2. The van der Waals surface area contributed by atoms with Gasteiger partial charge in [-0.1, -0.05) is 0 Å². The maximum absolute atomic E-state index is 12.5. The molecule has 0 spiro atoms. The molecule has 0 unspecified atom stereocenters. The highest BCUT2D eigenvalue weighted by atomic mass is 16.6. The Kier molecular flexibility index (Phi) is 3.92. The number of amides is 1. The zero-order chi connectivity index (χ0) is 13.1. The van der Waals surface area contributed by atoms with Gasteiger partial charge in [0.05, 0.1) is 0 Å². The van der Waals surface area contributed by atoms with Crippen LogP contribution in [0.4, 0.5) is 0 Å². The van der Waals surface area contributed by atoms with Gasteiger partial charge in [-0.2, -0.15) is 0 Å². The molecule has 2 heterocycles. The van der Waals surface area contributed by atoms with E-state index in [4.69, 9.17) is 9.47 Å². The second kappa shape index (κ2) is 5.82. The van der Waals surface area contributed by atoms with Gasteiger partial charge in [-0.05, 0) is 44.7 Å². The van der Waals surface area contributed by atoms with Crippen molar-refractivity contribution < 1.29 is 14.3 Å². The van der Waals surface area contributed by atoms with Crippen molar-refractivity contribution in [2.75, 3.05) is 32.8 Å². The molecule has 0 aromatic heterocycles. The maximum atomic E-state index is 12.5. The molecule has 5 heteroatoms. The molecule has 3 aliphatic rings. The van der Waals surface area contributed by atoms with Gasteiger partial charge < -0.3 is 19.7 Å². The third kappa shape index (κ3) is 3.21. The molecule has 0 radical (unpaired) electrons. The minimum absolute atomic E-state index is 0.0146. The Morgan fingerprint density at radius 2 is 2.05 bits per heavy atom. The minimum atomic E-state index is 0.0146. The molecular weight excluding hydrogens is 244 g/mol. The van der Waals surface area contributed by atoms with E-state index in [2.05, 4.69) is 5.32 Å². The Hall–Kier alpha value is -1.23. The molecule has 2 aliphatic heterocycles. The maximum Gasteiger partial charge on any atom is 0.292 e. The molecule has 5 nitrogen and oxygen atoms in total. The molecule has 106 valence electrons. The molecule has 0 aromatic rings. The molecular formula is C14H22N2O3. The van der Waals surface area contributed by atoms with Gasteiger partial charge in [-0.3, -0.25) is 4.79 Å². The molecule has 0 bridgehead atoms. The van der Waals surface area contributed by atoms with Gasteiger partial charge in [0.2, 0.25) is 5.76 Å². The molecule has 19 heavy (non-hydrogen) atoms. The summed E-state index contributed by atoms with van der Waals surface area (Å²) in [5.41, 5.74) is 0. The number of piperidine rings is 1. The number of carbonyl (C=O) groups excluding carboxylic acids is 1. The molecule has 1 saturated carbocycles. The second-order valence-corrected chi connectivity index (χ2v) is 5.58. The molecule has 3 rings (SSSR count). The van der Waals surface area contributed by atoms with Crippen molar-refractivity contribution in [2.24, 2.45) is 5.92 Å². The summed E-state index contributed by atoms with van der Waals surface area (Å²) in [6.07, 6.45) is 6.05. The third-order valence-corrected chi connectivity index (χ3v) is 4.02. The number of nitrogens with zero attached hydrogens (tertiary/aromatic N) is 1. The summed E-state index contributed by atoms with van der Waals surface area (Å²) < 4.78 is 10.6. The zero-order valence-electron chi connectivity index (χ0n) is 11.3. The number of rotatable bonds is 4. The molecule has 1 amide bonds. The number of carbonyl (C=O) groups is 1. The Labute approximate surface area is 113 Å². The highest BCUT2D eigenvalue weighted by molar-refractivity contribution is 5.91. The van der Waals surface area contributed by atoms with E-state index in [1.807, 2.05) is 4.90 Å². The first kappa shape index (κ1) is 12.8. The van der Waals surface area contributed by atoms with Crippen molar-refractivity contribution in [3.8, 4) is 0 Å². The normalized spacial score (nSPS) is 24.1. The van der Waals surface area contributed by atoms with E-state index in [0.717, 1.165) is 45.3 Å². The fourth-order valence-corrected chi connectivity index (χ4v) is 2.75. The second-order valence-electron chi connectivity index (χ2n) is 5.58. The van der Waals surface area contributed by atoms with Gasteiger partial charge in [0.25, 0.3) is 5.91 Å². The summed E-state index contributed by atoms with van der Waals surface area (Å²) in [6.45, 7) is 4.02.